The molecule has 0 spiro atoms. The molecule has 1 heterocycles. The molecular weight excluding hydrogens is 313 g/mol. The second kappa shape index (κ2) is 7.14. The SMILES string of the molecule is O=C(O)CC1CCCN1C(=O)CCc1ccc(Cl)c(Cl)c1. The molecule has 1 aliphatic heterocycles. The van der Waals surface area contributed by atoms with Crippen LogP contribution in [0.25, 0.3) is 0 Å². The van der Waals surface area contributed by atoms with Crippen molar-refractivity contribution in [1.29, 1.82) is 0 Å². The molecule has 0 radical (unpaired) electrons. The van der Waals surface area contributed by atoms with Crippen molar-refractivity contribution < 1.29 is 14.7 Å². The Bertz CT molecular complexity index is 548. The van der Waals surface area contributed by atoms with Gasteiger partial charge in [-0.05, 0) is 37.0 Å². The number of benzene rings is 1. The highest BCUT2D eigenvalue weighted by atomic mass is 35.5. The average molecular weight is 330 g/mol. The molecule has 1 fully saturated rings. The molecule has 1 N–H and O–H groups in total. The number of carboxylic acid groups (broad SMARTS) is 1. The number of carbonyl (C=O) groups excluding carboxylic acids is 1. The number of aliphatic carboxylic acids is 1. The van der Waals surface area contributed by atoms with Gasteiger partial charge in [-0.2, -0.15) is 0 Å². The molecule has 1 amide bonds. The summed E-state index contributed by atoms with van der Waals surface area (Å²) < 4.78 is 0. The van der Waals surface area contributed by atoms with Gasteiger partial charge in [-0.25, -0.2) is 0 Å². The Morgan fingerprint density at radius 2 is 2.05 bits per heavy atom. The van der Waals surface area contributed by atoms with Crippen LogP contribution in [0.2, 0.25) is 10.0 Å². The first-order valence-electron chi connectivity index (χ1n) is 6.92. The van der Waals surface area contributed by atoms with Gasteiger partial charge in [0.05, 0.1) is 16.5 Å². The van der Waals surface area contributed by atoms with Crippen LogP contribution in [0.3, 0.4) is 0 Å². The third-order valence-corrected chi connectivity index (χ3v) is 4.46. The second-order valence-electron chi connectivity index (χ2n) is 5.23. The maximum atomic E-state index is 12.2. The van der Waals surface area contributed by atoms with E-state index in [2.05, 4.69) is 0 Å². The molecule has 0 aliphatic carbocycles. The van der Waals surface area contributed by atoms with Crippen molar-refractivity contribution >= 4 is 35.1 Å². The number of amides is 1. The van der Waals surface area contributed by atoms with Crippen molar-refractivity contribution in [3.8, 4) is 0 Å². The van der Waals surface area contributed by atoms with Gasteiger partial charge < -0.3 is 10.0 Å². The van der Waals surface area contributed by atoms with Gasteiger partial charge in [-0.15, -0.1) is 0 Å². The van der Waals surface area contributed by atoms with E-state index in [1.807, 2.05) is 6.07 Å². The van der Waals surface area contributed by atoms with E-state index < -0.39 is 5.97 Å². The first-order chi connectivity index (χ1) is 9.97. The van der Waals surface area contributed by atoms with E-state index in [-0.39, 0.29) is 18.4 Å². The number of aryl methyl sites for hydroxylation is 1. The van der Waals surface area contributed by atoms with E-state index in [0.717, 1.165) is 18.4 Å². The van der Waals surface area contributed by atoms with E-state index in [9.17, 15) is 9.59 Å². The Balaban J connectivity index is 1.91. The third kappa shape index (κ3) is 4.35. The highest BCUT2D eigenvalue weighted by Gasteiger charge is 2.29. The molecule has 1 saturated heterocycles. The van der Waals surface area contributed by atoms with Crippen LogP contribution in [0.5, 0.6) is 0 Å². The summed E-state index contributed by atoms with van der Waals surface area (Å²) >= 11 is 11.8. The summed E-state index contributed by atoms with van der Waals surface area (Å²) in [5.41, 5.74) is 0.951. The fourth-order valence-electron chi connectivity index (χ4n) is 2.67. The topological polar surface area (TPSA) is 57.6 Å². The number of nitrogens with zero attached hydrogens (tertiary/aromatic N) is 1. The standard InChI is InChI=1S/C15H17Cl2NO3/c16-12-5-3-10(8-13(12)17)4-6-14(19)18-7-1-2-11(18)9-15(20)21/h3,5,8,11H,1-2,4,6-7,9H2,(H,20,21). The van der Waals surface area contributed by atoms with E-state index >= 15 is 0 Å². The molecule has 0 saturated carbocycles. The maximum Gasteiger partial charge on any atom is 0.305 e. The number of carboxylic acids is 1. The van der Waals surface area contributed by atoms with Gasteiger partial charge in [0.25, 0.3) is 0 Å². The number of hydrogen-bond acceptors (Lipinski definition) is 2. The zero-order chi connectivity index (χ0) is 15.4. The van der Waals surface area contributed by atoms with Crippen LogP contribution in [0, 0.1) is 0 Å². The zero-order valence-corrected chi connectivity index (χ0v) is 13.0. The number of rotatable bonds is 5. The maximum absolute atomic E-state index is 12.2. The molecule has 0 bridgehead atoms. The van der Waals surface area contributed by atoms with Gasteiger partial charge in [-0.1, -0.05) is 29.3 Å². The lowest BCUT2D eigenvalue weighted by Gasteiger charge is -2.23. The molecule has 114 valence electrons. The van der Waals surface area contributed by atoms with Crippen molar-refractivity contribution in [2.24, 2.45) is 0 Å². The molecule has 4 nitrogen and oxygen atoms in total. The summed E-state index contributed by atoms with van der Waals surface area (Å²) in [6.45, 7) is 0.651. The summed E-state index contributed by atoms with van der Waals surface area (Å²) in [6.07, 6.45) is 2.60. The predicted molar refractivity (Wildman–Crippen MR) is 81.8 cm³/mol. The number of halogens is 2. The van der Waals surface area contributed by atoms with Gasteiger partial charge in [0, 0.05) is 19.0 Å². The normalized spacial score (nSPS) is 18.0. The van der Waals surface area contributed by atoms with Gasteiger partial charge in [0.1, 0.15) is 0 Å². The van der Waals surface area contributed by atoms with E-state index in [4.69, 9.17) is 28.3 Å². The molecule has 1 atom stereocenters. The molecule has 2 rings (SSSR count). The smallest absolute Gasteiger partial charge is 0.305 e. The van der Waals surface area contributed by atoms with Gasteiger partial charge in [0.15, 0.2) is 0 Å². The molecule has 1 aromatic rings. The monoisotopic (exact) mass is 329 g/mol. The van der Waals surface area contributed by atoms with Crippen LogP contribution >= 0.6 is 23.2 Å². The molecule has 1 aromatic carbocycles. The summed E-state index contributed by atoms with van der Waals surface area (Å²) in [7, 11) is 0. The Labute approximate surface area is 133 Å². The minimum absolute atomic E-state index is 0.00447. The lowest BCUT2D eigenvalue weighted by atomic mass is 10.1. The van der Waals surface area contributed by atoms with Gasteiger partial charge in [-0.3, -0.25) is 9.59 Å². The Hall–Kier alpha value is -1.26. The summed E-state index contributed by atoms with van der Waals surface area (Å²) in [6, 6.07) is 5.16. The van der Waals surface area contributed by atoms with Crippen molar-refractivity contribution in [2.75, 3.05) is 6.54 Å². The summed E-state index contributed by atoms with van der Waals surface area (Å²) in [4.78, 5) is 24.7. The summed E-state index contributed by atoms with van der Waals surface area (Å²) in [5.74, 6) is -0.853. The zero-order valence-electron chi connectivity index (χ0n) is 11.5. The minimum Gasteiger partial charge on any atom is -0.481 e. The largest absolute Gasteiger partial charge is 0.481 e. The lowest BCUT2D eigenvalue weighted by molar-refractivity contribution is -0.139. The Kier molecular flexibility index (Phi) is 5.48. The number of carbonyl (C=O) groups is 2. The predicted octanol–water partition coefficient (Wildman–Crippen LogP) is 3.39. The lowest BCUT2D eigenvalue weighted by Crippen LogP contribution is -2.36. The Morgan fingerprint density at radius 1 is 1.29 bits per heavy atom. The van der Waals surface area contributed by atoms with Crippen molar-refractivity contribution in [1.82, 2.24) is 4.90 Å². The van der Waals surface area contributed by atoms with Crippen molar-refractivity contribution in [2.45, 2.75) is 38.1 Å². The van der Waals surface area contributed by atoms with Crippen LogP contribution in [-0.4, -0.2) is 34.5 Å². The van der Waals surface area contributed by atoms with Crippen LogP contribution in [0.15, 0.2) is 18.2 Å². The molecule has 1 unspecified atom stereocenters. The minimum atomic E-state index is -0.857. The third-order valence-electron chi connectivity index (χ3n) is 3.72. The van der Waals surface area contributed by atoms with E-state index in [0.29, 0.717) is 29.4 Å². The highest BCUT2D eigenvalue weighted by Crippen LogP contribution is 2.24. The second-order valence-corrected chi connectivity index (χ2v) is 6.04. The molecule has 21 heavy (non-hydrogen) atoms. The summed E-state index contributed by atoms with van der Waals surface area (Å²) in [5, 5.41) is 9.84. The van der Waals surface area contributed by atoms with Crippen LogP contribution in [0.4, 0.5) is 0 Å². The van der Waals surface area contributed by atoms with Crippen molar-refractivity contribution in [3.63, 3.8) is 0 Å². The van der Waals surface area contributed by atoms with Crippen LogP contribution < -0.4 is 0 Å². The fraction of sp³-hybridized carbons (Fsp3) is 0.467. The highest BCUT2D eigenvalue weighted by molar-refractivity contribution is 6.42. The number of likely N-dealkylation sites (tertiary alicyclic amines) is 1. The first kappa shape index (κ1) is 16.1. The van der Waals surface area contributed by atoms with Crippen LogP contribution in [-0.2, 0) is 16.0 Å². The number of hydrogen-bond donors (Lipinski definition) is 1. The quantitative estimate of drug-likeness (QED) is 0.900. The van der Waals surface area contributed by atoms with E-state index in [1.54, 1.807) is 17.0 Å². The van der Waals surface area contributed by atoms with Gasteiger partial charge >= 0.3 is 5.97 Å². The average Bonchev–Trinajstić information content (AvgIpc) is 2.87. The molecular formula is C15H17Cl2NO3. The van der Waals surface area contributed by atoms with Gasteiger partial charge in [0.2, 0.25) is 5.91 Å². The molecule has 1 aliphatic rings. The first-order valence-corrected chi connectivity index (χ1v) is 7.68. The van der Waals surface area contributed by atoms with Crippen molar-refractivity contribution in [3.05, 3.63) is 33.8 Å². The Morgan fingerprint density at radius 3 is 2.71 bits per heavy atom. The fourth-order valence-corrected chi connectivity index (χ4v) is 2.99. The molecule has 6 heteroatoms. The van der Waals surface area contributed by atoms with E-state index in [1.165, 1.54) is 0 Å². The molecule has 0 aromatic heterocycles. The van der Waals surface area contributed by atoms with Crippen LogP contribution in [0.1, 0.15) is 31.2 Å².